The Balaban J connectivity index is 2.33. The Bertz CT molecular complexity index is 622. The lowest BCUT2D eigenvalue weighted by Crippen LogP contribution is -2.07. The fourth-order valence-electron chi connectivity index (χ4n) is 1.75. The van der Waals surface area contributed by atoms with Crippen molar-refractivity contribution in [2.75, 3.05) is 24.3 Å². The molecule has 0 spiro atoms. The van der Waals surface area contributed by atoms with E-state index in [0.717, 1.165) is 27.6 Å². The number of hydrogen-bond donors (Lipinski definition) is 2. The van der Waals surface area contributed by atoms with E-state index in [1.807, 2.05) is 18.2 Å². The van der Waals surface area contributed by atoms with Gasteiger partial charge in [0.05, 0.1) is 12.8 Å². The van der Waals surface area contributed by atoms with Gasteiger partial charge in [0, 0.05) is 15.5 Å². The van der Waals surface area contributed by atoms with Crippen molar-refractivity contribution in [2.24, 2.45) is 0 Å². The summed E-state index contributed by atoms with van der Waals surface area (Å²) >= 11 is 6.97. The van der Waals surface area contributed by atoms with Crippen LogP contribution in [-0.2, 0) is 0 Å². The zero-order chi connectivity index (χ0) is 15.2. The SMILES string of the molecule is CCCNc1ncnc(Nc2cc(Br)ccc2Br)c1OC. The van der Waals surface area contributed by atoms with E-state index in [0.29, 0.717) is 17.4 Å². The van der Waals surface area contributed by atoms with Crippen molar-refractivity contribution in [3.8, 4) is 5.75 Å². The Hall–Kier alpha value is -1.34. The zero-order valence-electron chi connectivity index (χ0n) is 11.8. The first kappa shape index (κ1) is 16.0. The molecule has 0 unspecified atom stereocenters. The van der Waals surface area contributed by atoms with Crippen LogP contribution in [0.5, 0.6) is 5.75 Å². The van der Waals surface area contributed by atoms with Crippen LogP contribution >= 0.6 is 31.9 Å². The fourth-order valence-corrected chi connectivity index (χ4v) is 2.45. The van der Waals surface area contributed by atoms with E-state index in [1.165, 1.54) is 6.33 Å². The zero-order valence-corrected chi connectivity index (χ0v) is 15.0. The van der Waals surface area contributed by atoms with Crippen LogP contribution in [0, 0.1) is 0 Å². The molecule has 7 heteroatoms. The summed E-state index contributed by atoms with van der Waals surface area (Å²) in [6.45, 7) is 2.92. The molecule has 0 amide bonds. The van der Waals surface area contributed by atoms with Crippen molar-refractivity contribution in [3.05, 3.63) is 33.5 Å². The summed E-state index contributed by atoms with van der Waals surface area (Å²) in [6, 6.07) is 5.88. The van der Waals surface area contributed by atoms with Gasteiger partial charge in [-0.3, -0.25) is 0 Å². The number of rotatable bonds is 6. The number of ether oxygens (including phenoxy) is 1. The van der Waals surface area contributed by atoms with Crippen molar-refractivity contribution in [1.82, 2.24) is 9.97 Å². The minimum absolute atomic E-state index is 0.595. The van der Waals surface area contributed by atoms with Crippen molar-refractivity contribution in [2.45, 2.75) is 13.3 Å². The van der Waals surface area contributed by atoms with Crippen molar-refractivity contribution >= 4 is 49.2 Å². The highest BCUT2D eigenvalue weighted by molar-refractivity contribution is 9.11. The van der Waals surface area contributed by atoms with Crippen molar-refractivity contribution < 1.29 is 4.74 Å². The Labute approximate surface area is 140 Å². The number of nitrogens with zero attached hydrogens (tertiary/aromatic N) is 2. The molecule has 2 aromatic rings. The Kier molecular flexibility index (Phi) is 5.81. The highest BCUT2D eigenvalue weighted by Crippen LogP contribution is 2.34. The molecule has 0 bridgehead atoms. The number of methoxy groups -OCH3 is 1. The highest BCUT2D eigenvalue weighted by Gasteiger charge is 2.13. The molecule has 21 heavy (non-hydrogen) atoms. The summed E-state index contributed by atoms with van der Waals surface area (Å²) in [6.07, 6.45) is 2.52. The normalized spacial score (nSPS) is 10.3. The van der Waals surface area contributed by atoms with Gasteiger partial charge in [0.25, 0.3) is 0 Å². The van der Waals surface area contributed by atoms with Crippen LogP contribution in [0.2, 0.25) is 0 Å². The number of anilines is 3. The predicted octanol–water partition coefficient (Wildman–Crippen LogP) is 4.58. The Morgan fingerprint density at radius 2 is 1.95 bits per heavy atom. The number of benzene rings is 1. The predicted molar refractivity (Wildman–Crippen MR) is 92.5 cm³/mol. The Morgan fingerprint density at radius 1 is 1.19 bits per heavy atom. The minimum Gasteiger partial charge on any atom is -0.490 e. The smallest absolute Gasteiger partial charge is 0.204 e. The molecule has 1 heterocycles. The lowest BCUT2D eigenvalue weighted by Gasteiger charge is -2.14. The van der Waals surface area contributed by atoms with Gasteiger partial charge in [0.2, 0.25) is 5.75 Å². The van der Waals surface area contributed by atoms with Gasteiger partial charge in [-0.2, -0.15) is 0 Å². The molecule has 0 aliphatic carbocycles. The second-order valence-corrected chi connectivity index (χ2v) is 6.05. The molecule has 0 fully saturated rings. The quantitative estimate of drug-likeness (QED) is 0.723. The van der Waals surface area contributed by atoms with Crippen molar-refractivity contribution in [3.63, 3.8) is 0 Å². The molecule has 2 rings (SSSR count). The summed E-state index contributed by atoms with van der Waals surface area (Å²) < 4.78 is 7.36. The molecule has 2 N–H and O–H groups in total. The van der Waals surface area contributed by atoms with Gasteiger partial charge in [-0.15, -0.1) is 0 Å². The molecule has 5 nitrogen and oxygen atoms in total. The van der Waals surface area contributed by atoms with Gasteiger partial charge in [-0.1, -0.05) is 22.9 Å². The highest BCUT2D eigenvalue weighted by atomic mass is 79.9. The fraction of sp³-hybridized carbons (Fsp3) is 0.286. The van der Waals surface area contributed by atoms with Gasteiger partial charge in [0.1, 0.15) is 6.33 Å². The third-order valence-corrected chi connectivity index (χ3v) is 3.92. The minimum atomic E-state index is 0.595. The molecular weight excluding hydrogens is 400 g/mol. The second kappa shape index (κ2) is 7.61. The van der Waals surface area contributed by atoms with E-state index in [2.05, 4.69) is 59.4 Å². The van der Waals surface area contributed by atoms with Crippen LogP contribution in [0.15, 0.2) is 33.5 Å². The lowest BCUT2D eigenvalue weighted by molar-refractivity contribution is 0.415. The number of halogens is 2. The third-order valence-electron chi connectivity index (χ3n) is 2.73. The van der Waals surface area contributed by atoms with Gasteiger partial charge >= 0.3 is 0 Å². The standard InChI is InChI=1S/C14H16Br2N4O/c1-3-6-17-13-12(21-2)14(19-8-18-13)20-11-7-9(15)4-5-10(11)16/h4-5,7-8H,3,6H2,1-2H3,(H2,17,18,19,20). The number of hydrogen-bond acceptors (Lipinski definition) is 5. The van der Waals surface area contributed by atoms with Crippen LogP contribution in [0.25, 0.3) is 0 Å². The molecule has 0 saturated heterocycles. The molecule has 112 valence electrons. The first-order valence-electron chi connectivity index (χ1n) is 6.50. The summed E-state index contributed by atoms with van der Waals surface area (Å²) in [5.41, 5.74) is 0.891. The molecule has 0 radical (unpaired) electrons. The van der Waals surface area contributed by atoms with E-state index >= 15 is 0 Å². The van der Waals surface area contributed by atoms with Crippen LogP contribution < -0.4 is 15.4 Å². The molecule has 1 aromatic carbocycles. The maximum Gasteiger partial charge on any atom is 0.204 e. The maximum atomic E-state index is 5.44. The largest absolute Gasteiger partial charge is 0.490 e. The van der Waals surface area contributed by atoms with E-state index in [9.17, 15) is 0 Å². The van der Waals surface area contributed by atoms with Crippen LogP contribution in [-0.4, -0.2) is 23.6 Å². The van der Waals surface area contributed by atoms with E-state index in [-0.39, 0.29) is 0 Å². The first-order valence-corrected chi connectivity index (χ1v) is 8.09. The molecule has 1 aromatic heterocycles. The van der Waals surface area contributed by atoms with Crippen LogP contribution in [0.1, 0.15) is 13.3 Å². The monoisotopic (exact) mass is 414 g/mol. The molecule has 0 atom stereocenters. The summed E-state index contributed by atoms with van der Waals surface area (Å²) in [4.78, 5) is 8.48. The van der Waals surface area contributed by atoms with Crippen molar-refractivity contribution in [1.29, 1.82) is 0 Å². The average molecular weight is 416 g/mol. The van der Waals surface area contributed by atoms with E-state index in [4.69, 9.17) is 4.74 Å². The first-order chi connectivity index (χ1) is 10.2. The lowest BCUT2D eigenvalue weighted by atomic mass is 10.3. The number of nitrogens with one attached hydrogen (secondary N) is 2. The second-order valence-electron chi connectivity index (χ2n) is 4.28. The number of aromatic nitrogens is 2. The summed E-state index contributed by atoms with van der Waals surface area (Å²) in [5.74, 6) is 1.89. The van der Waals surface area contributed by atoms with E-state index in [1.54, 1.807) is 7.11 Å². The van der Waals surface area contributed by atoms with Gasteiger partial charge in [-0.05, 0) is 40.5 Å². The summed E-state index contributed by atoms with van der Waals surface area (Å²) in [7, 11) is 1.61. The topological polar surface area (TPSA) is 59.1 Å². The van der Waals surface area contributed by atoms with Gasteiger partial charge in [0.15, 0.2) is 11.6 Å². The van der Waals surface area contributed by atoms with Crippen LogP contribution in [0.3, 0.4) is 0 Å². The van der Waals surface area contributed by atoms with Crippen LogP contribution in [0.4, 0.5) is 17.3 Å². The summed E-state index contributed by atoms with van der Waals surface area (Å²) in [5, 5.41) is 6.49. The molecular formula is C14H16Br2N4O. The molecule has 0 aliphatic heterocycles. The average Bonchev–Trinajstić information content (AvgIpc) is 2.49. The van der Waals surface area contributed by atoms with E-state index < -0.39 is 0 Å². The molecule has 0 saturated carbocycles. The molecule has 0 aliphatic rings. The maximum absolute atomic E-state index is 5.44. The van der Waals surface area contributed by atoms with Gasteiger partial charge < -0.3 is 15.4 Å². The third kappa shape index (κ3) is 4.07. The Morgan fingerprint density at radius 3 is 2.67 bits per heavy atom. The van der Waals surface area contributed by atoms with Gasteiger partial charge in [-0.25, -0.2) is 9.97 Å².